The van der Waals surface area contributed by atoms with Crippen molar-refractivity contribution in [2.45, 2.75) is 46.6 Å². The van der Waals surface area contributed by atoms with Crippen molar-refractivity contribution < 1.29 is 9.90 Å². The van der Waals surface area contributed by atoms with Gasteiger partial charge in [0.15, 0.2) is 0 Å². The Bertz CT molecular complexity index is 454. The SMILES string of the molecule is CCC(CC)N(CC(C)C)c1ccc(C(=O)O)c(N)c1. The topological polar surface area (TPSA) is 66.6 Å². The maximum atomic E-state index is 11.0. The molecule has 112 valence electrons. The van der Waals surface area contributed by atoms with Gasteiger partial charge in [-0.05, 0) is 37.0 Å². The summed E-state index contributed by atoms with van der Waals surface area (Å²) in [5.74, 6) is -0.442. The van der Waals surface area contributed by atoms with Gasteiger partial charge in [-0.15, -0.1) is 0 Å². The standard InChI is InChI=1S/C16H26N2O2/c1-5-12(6-2)18(10-11(3)4)13-7-8-14(16(19)20)15(17)9-13/h7-9,11-12H,5-6,10,17H2,1-4H3,(H,19,20). The van der Waals surface area contributed by atoms with E-state index in [9.17, 15) is 4.79 Å². The number of nitrogens with zero attached hydrogens (tertiary/aromatic N) is 1. The lowest BCUT2D eigenvalue weighted by molar-refractivity contribution is 0.0698. The lowest BCUT2D eigenvalue weighted by Gasteiger charge is -2.34. The van der Waals surface area contributed by atoms with Crippen molar-refractivity contribution in [1.29, 1.82) is 0 Å². The minimum Gasteiger partial charge on any atom is -0.478 e. The Morgan fingerprint density at radius 1 is 1.30 bits per heavy atom. The highest BCUT2D eigenvalue weighted by atomic mass is 16.4. The number of carbonyl (C=O) groups is 1. The highest BCUT2D eigenvalue weighted by molar-refractivity contribution is 5.94. The molecule has 0 aromatic heterocycles. The molecule has 0 heterocycles. The van der Waals surface area contributed by atoms with Crippen molar-refractivity contribution in [2.75, 3.05) is 17.2 Å². The Morgan fingerprint density at radius 2 is 1.90 bits per heavy atom. The predicted octanol–water partition coefficient (Wildman–Crippen LogP) is 3.62. The molecule has 0 unspecified atom stereocenters. The largest absolute Gasteiger partial charge is 0.478 e. The highest BCUT2D eigenvalue weighted by Gasteiger charge is 2.18. The van der Waals surface area contributed by atoms with Gasteiger partial charge in [0.25, 0.3) is 0 Å². The average molecular weight is 278 g/mol. The van der Waals surface area contributed by atoms with Crippen LogP contribution in [0.1, 0.15) is 50.9 Å². The van der Waals surface area contributed by atoms with Crippen LogP contribution in [0.2, 0.25) is 0 Å². The number of carboxylic acids is 1. The fraction of sp³-hybridized carbons (Fsp3) is 0.562. The molecule has 1 aromatic rings. The smallest absolute Gasteiger partial charge is 0.337 e. The van der Waals surface area contributed by atoms with E-state index in [2.05, 4.69) is 32.6 Å². The molecule has 0 aliphatic carbocycles. The van der Waals surface area contributed by atoms with Crippen LogP contribution in [0, 0.1) is 5.92 Å². The molecule has 0 spiro atoms. The quantitative estimate of drug-likeness (QED) is 0.748. The fourth-order valence-electron chi connectivity index (χ4n) is 2.51. The number of hydrogen-bond acceptors (Lipinski definition) is 3. The number of rotatable bonds is 7. The van der Waals surface area contributed by atoms with E-state index in [1.54, 1.807) is 12.1 Å². The summed E-state index contributed by atoms with van der Waals surface area (Å²) in [4.78, 5) is 13.4. The van der Waals surface area contributed by atoms with Crippen LogP contribution in [0.4, 0.5) is 11.4 Å². The molecule has 4 heteroatoms. The summed E-state index contributed by atoms with van der Waals surface area (Å²) in [6.45, 7) is 9.67. The van der Waals surface area contributed by atoms with Gasteiger partial charge in [-0.3, -0.25) is 0 Å². The number of aromatic carboxylic acids is 1. The van der Waals surface area contributed by atoms with Gasteiger partial charge in [-0.1, -0.05) is 27.7 Å². The normalized spacial score (nSPS) is 11.1. The van der Waals surface area contributed by atoms with Crippen LogP contribution < -0.4 is 10.6 Å². The van der Waals surface area contributed by atoms with Crippen molar-refractivity contribution in [1.82, 2.24) is 0 Å². The average Bonchev–Trinajstić information content (AvgIpc) is 2.37. The number of nitrogen functional groups attached to an aromatic ring is 1. The van der Waals surface area contributed by atoms with E-state index < -0.39 is 5.97 Å². The summed E-state index contributed by atoms with van der Waals surface area (Å²) in [7, 11) is 0. The van der Waals surface area contributed by atoms with Gasteiger partial charge >= 0.3 is 5.97 Å². The van der Waals surface area contributed by atoms with Crippen LogP contribution in [0.25, 0.3) is 0 Å². The van der Waals surface area contributed by atoms with E-state index in [1.807, 2.05) is 6.07 Å². The molecule has 0 aliphatic rings. The third kappa shape index (κ3) is 3.89. The molecule has 0 fully saturated rings. The molecule has 0 aliphatic heterocycles. The number of nitrogens with two attached hydrogens (primary N) is 1. The predicted molar refractivity (Wildman–Crippen MR) is 84.4 cm³/mol. The lowest BCUT2D eigenvalue weighted by Crippen LogP contribution is -2.37. The first-order valence-electron chi connectivity index (χ1n) is 7.30. The molecule has 20 heavy (non-hydrogen) atoms. The number of hydrogen-bond donors (Lipinski definition) is 2. The van der Waals surface area contributed by atoms with Crippen molar-refractivity contribution in [3.8, 4) is 0 Å². The molecule has 4 nitrogen and oxygen atoms in total. The van der Waals surface area contributed by atoms with Crippen LogP contribution in [0.3, 0.4) is 0 Å². The van der Waals surface area contributed by atoms with E-state index in [0.29, 0.717) is 17.6 Å². The third-order valence-corrected chi connectivity index (χ3v) is 3.54. The molecule has 0 amide bonds. The monoisotopic (exact) mass is 278 g/mol. The van der Waals surface area contributed by atoms with Crippen molar-refractivity contribution in [2.24, 2.45) is 5.92 Å². The number of anilines is 2. The van der Waals surface area contributed by atoms with E-state index in [-0.39, 0.29) is 5.56 Å². The molecule has 0 atom stereocenters. The summed E-state index contributed by atoms with van der Waals surface area (Å²) in [5.41, 5.74) is 7.37. The fourth-order valence-corrected chi connectivity index (χ4v) is 2.51. The molecule has 3 N–H and O–H groups in total. The lowest BCUT2D eigenvalue weighted by atomic mass is 10.0. The second-order valence-corrected chi connectivity index (χ2v) is 5.59. The summed E-state index contributed by atoms with van der Waals surface area (Å²) >= 11 is 0. The van der Waals surface area contributed by atoms with Crippen molar-refractivity contribution in [3.05, 3.63) is 23.8 Å². The Kier molecular flexibility index (Phi) is 5.86. The van der Waals surface area contributed by atoms with E-state index in [1.165, 1.54) is 0 Å². The molecule has 0 radical (unpaired) electrons. The Hall–Kier alpha value is -1.71. The molecule has 0 bridgehead atoms. The molecule has 1 rings (SSSR count). The maximum Gasteiger partial charge on any atom is 0.337 e. The summed E-state index contributed by atoms with van der Waals surface area (Å²) in [6, 6.07) is 5.69. The zero-order chi connectivity index (χ0) is 15.3. The second-order valence-electron chi connectivity index (χ2n) is 5.59. The van der Waals surface area contributed by atoms with Gasteiger partial charge in [0.1, 0.15) is 0 Å². The highest BCUT2D eigenvalue weighted by Crippen LogP contribution is 2.26. The Labute approximate surface area is 121 Å². The molecule has 0 saturated carbocycles. The third-order valence-electron chi connectivity index (χ3n) is 3.54. The maximum absolute atomic E-state index is 11.0. The number of benzene rings is 1. The van der Waals surface area contributed by atoms with Gasteiger partial charge in [0.2, 0.25) is 0 Å². The Balaban J connectivity index is 3.13. The van der Waals surface area contributed by atoms with Crippen molar-refractivity contribution >= 4 is 17.3 Å². The first-order valence-corrected chi connectivity index (χ1v) is 7.30. The van der Waals surface area contributed by atoms with E-state index in [4.69, 9.17) is 10.8 Å². The molecular formula is C16H26N2O2. The van der Waals surface area contributed by atoms with Crippen molar-refractivity contribution in [3.63, 3.8) is 0 Å². The molecule has 0 saturated heterocycles. The summed E-state index contributed by atoms with van der Waals surface area (Å²) in [6.07, 6.45) is 2.12. The molecular weight excluding hydrogens is 252 g/mol. The van der Waals surface area contributed by atoms with E-state index in [0.717, 1.165) is 25.1 Å². The van der Waals surface area contributed by atoms with Crippen LogP contribution in [0.5, 0.6) is 0 Å². The first-order chi connectivity index (χ1) is 9.40. The van der Waals surface area contributed by atoms with E-state index >= 15 is 0 Å². The minimum absolute atomic E-state index is 0.169. The summed E-state index contributed by atoms with van der Waals surface area (Å²) < 4.78 is 0. The second kappa shape index (κ2) is 7.17. The summed E-state index contributed by atoms with van der Waals surface area (Å²) in [5, 5.41) is 9.05. The van der Waals surface area contributed by atoms with Crippen LogP contribution in [0.15, 0.2) is 18.2 Å². The first kappa shape index (κ1) is 16.3. The van der Waals surface area contributed by atoms with Gasteiger partial charge < -0.3 is 15.7 Å². The van der Waals surface area contributed by atoms with Gasteiger partial charge in [-0.2, -0.15) is 0 Å². The van der Waals surface area contributed by atoms with Crippen LogP contribution in [-0.4, -0.2) is 23.7 Å². The molecule has 1 aromatic carbocycles. The minimum atomic E-state index is -0.980. The van der Waals surface area contributed by atoms with Crippen LogP contribution >= 0.6 is 0 Å². The number of carboxylic acid groups (broad SMARTS) is 1. The Morgan fingerprint density at radius 3 is 2.30 bits per heavy atom. The zero-order valence-corrected chi connectivity index (χ0v) is 12.9. The zero-order valence-electron chi connectivity index (χ0n) is 12.9. The van der Waals surface area contributed by atoms with Gasteiger partial charge in [-0.25, -0.2) is 4.79 Å². The van der Waals surface area contributed by atoms with Gasteiger partial charge in [0.05, 0.1) is 5.56 Å². The van der Waals surface area contributed by atoms with Gasteiger partial charge in [0, 0.05) is 24.0 Å². The van der Waals surface area contributed by atoms with Crippen LogP contribution in [-0.2, 0) is 0 Å².